The molecule has 0 aromatic heterocycles. The number of allylic oxidation sites excluding steroid dienone is 1. The number of carbonyl (C=O) groups excluding carboxylic acids is 2. The largest absolute Gasteiger partial charge is 0.369 e. The Bertz CT molecular complexity index is 1540. The molecule has 3 aromatic carbocycles. The molecular formula is C28H25N3O6S. The summed E-state index contributed by atoms with van der Waals surface area (Å²) in [6, 6.07) is 19.9. The molecule has 0 atom stereocenters. The number of hydrogen-bond acceptors (Lipinski definition) is 7. The summed E-state index contributed by atoms with van der Waals surface area (Å²) in [5.41, 5.74) is 1.10. The van der Waals surface area contributed by atoms with Gasteiger partial charge in [-0.2, -0.15) is 0 Å². The molecule has 0 unspecified atom stereocenters. The van der Waals surface area contributed by atoms with Crippen LogP contribution in [0.4, 0.5) is 5.69 Å². The number of rotatable bonds is 7. The number of benzene rings is 3. The summed E-state index contributed by atoms with van der Waals surface area (Å²) in [4.78, 5) is 39.9. The maximum atomic E-state index is 14.0. The van der Waals surface area contributed by atoms with Crippen molar-refractivity contribution in [2.24, 2.45) is 0 Å². The number of nitro groups is 1. The summed E-state index contributed by atoms with van der Waals surface area (Å²) >= 11 is 0. The van der Waals surface area contributed by atoms with Crippen LogP contribution in [0, 0.1) is 10.1 Å². The first-order valence-corrected chi connectivity index (χ1v) is 13.7. The Morgan fingerprint density at radius 2 is 1.45 bits per heavy atom. The lowest BCUT2D eigenvalue weighted by Crippen LogP contribution is -2.44. The number of ketones is 2. The maximum absolute atomic E-state index is 14.0. The standard InChI is InChI=1S/C28H25N3O6S/c32-24(20-13-15-22(16-14-20)31(34)35)19-30-27(28(33)21-9-3-1-4-10-21)26(29-17-7-2-8-18-29)23-11-5-6-12-25(23)38(30,36)37/h1,3-6,9-16H,2,7-8,17-19H2. The molecule has 0 radical (unpaired) electrons. The zero-order valence-electron chi connectivity index (χ0n) is 20.4. The number of Topliss-reactive ketones (excluding diaryl/α,β-unsaturated/α-hetero) is 2. The number of non-ortho nitro benzene ring substituents is 1. The van der Waals surface area contributed by atoms with E-state index in [9.17, 15) is 28.1 Å². The van der Waals surface area contributed by atoms with Crippen molar-refractivity contribution >= 4 is 33.0 Å². The van der Waals surface area contributed by atoms with E-state index in [2.05, 4.69) is 0 Å². The smallest absolute Gasteiger partial charge is 0.269 e. The van der Waals surface area contributed by atoms with Crippen LogP contribution in [0.1, 0.15) is 45.5 Å². The minimum Gasteiger partial charge on any atom is -0.369 e. The van der Waals surface area contributed by atoms with E-state index in [-0.39, 0.29) is 21.8 Å². The van der Waals surface area contributed by atoms with Gasteiger partial charge in [0.05, 0.1) is 22.1 Å². The van der Waals surface area contributed by atoms with Crippen molar-refractivity contribution in [3.05, 3.63) is 111 Å². The topological polar surface area (TPSA) is 118 Å². The second-order valence-corrected chi connectivity index (χ2v) is 11.0. The second-order valence-electron chi connectivity index (χ2n) is 9.18. The van der Waals surface area contributed by atoms with Gasteiger partial charge in [-0.05, 0) is 37.5 Å². The minimum atomic E-state index is -4.28. The van der Waals surface area contributed by atoms with Crippen molar-refractivity contribution in [1.29, 1.82) is 0 Å². The van der Waals surface area contributed by atoms with E-state index in [1.807, 2.05) is 4.90 Å². The normalized spacial score (nSPS) is 16.6. The summed E-state index contributed by atoms with van der Waals surface area (Å²) in [7, 11) is -4.28. The van der Waals surface area contributed by atoms with Crippen molar-refractivity contribution < 1.29 is 22.9 Å². The molecule has 2 aliphatic heterocycles. The van der Waals surface area contributed by atoms with Gasteiger partial charge in [0.15, 0.2) is 5.78 Å². The SMILES string of the molecule is O=C(CN1C(C(=O)c2ccccc2)=C(N2CCCCC2)c2ccccc2S1(=O)=O)c1ccc([N+](=O)[O-])cc1. The van der Waals surface area contributed by atoms with Crippen LogP contribution in [0.5, 0.6) is 0 Å². The molecule has 9 nitrogen and oxygen atoms in total. The second kappa shape index (κ2) is 10.2. The predicted molar refractivity (Wildman–Crippen MR) is 141 cm³/mol. The Hall–Kier alpha value is -4.31. The van der Waals surface area contributed by atoms with E-state index in [4.69, 9.17) is 0 Å². The lowest BCUT2D eigenvalue weighted by molar-refractivity contribution is -0.384. The van der Waals surface area contributed by atoms with Gasteiger partial charge in [-0.3, -0.25) is 24.0 Å². The number of fused-ring (bicyclic) bond motifs is 1. The van der Waals surface area contributed by atoms with Crippen molar-refractivity contribution in [1.82, 2.24) is 9.21 Å². The van der Waals surface area contributed by atoms with Gasteiger partial charge in [0.1, 0.15) is 5.70 Å². The van der Waals surface area contributed by atoms with Gasteiger partial charge in [-0.1, -0.05) is 48.5 Å². The number of sulfonamides is 1. The Balaban J connectivity index is 1.69. The van der Waals surface area contributed by atoms with Gasteiger partial charge < -0.3 is 4.90 Å². The van der Waals surface area contributed by atoms with Crippen LogP contribution < -0.4 is 0 Å². The molecule has 2 heterocycles. The number of carbonyl (C=O) groups is 2. The molecule has 0 aliphatic carbocycles. The fourth-order valence-corrected chi connectivity index (χ4v) is 6.54. The number of nitrogens with zero attached hydrogens (tertiary/aromatic N) is 3. The van der Waals surface area contributed by atoms with E-state index < -0.39 is 33.1 Å². The quantitative estimate of drug-likeness (QED) is 0.250. The van der Waals surface area contributed by atoms with Crippen molar-refractivity contribution in [3.63, 3.8) is 0 Å². The van der Waals surface area contributed by atoms with Gasteiger partial charge in [-0.15, -0.1) is 0 Å². The molecular weight excluding hydrogens is 506 g/mol. The first kappa shape index (κ1) is 25.3. The lowest BCUT2D eigenvalue weighted by atomic mass is 9.99. The highest BCUT2D eigenvalue weighted by molar-refractivity contribution is 7.89. The number of nitro benzene ring substituents is 1. The molecule has 5 rings (SSSR count). The molecule has 38 heavy (non-hydrogen) atoms. The van der Waals surface area contributed by atoms with Crippen LogP contribution in [0.2, 0.25) is 0 Å². The van der Waals surface area contributed by atoms with Crippen molar-refractivity contribution in [3.8, 4) is 0 Å². The fraction of sp³-hybridized carbons (Fsp3) is 0.214. The third-order valence-corrected chi connectivity index (χ3v) is 8.60. The van der Waals surface area contributed by atoms with Crippen LogP contribution in [-0.2, 0) is 10.0 Å². The molecule has 0 bridgehead atoms. The van der Waals surface area contributed by atoms with Gasteiger partial charge in [0.2, 0.25) is 5.78 Å². The Labute approximate surface area is 220 Å². The number of hydrogen-bond donors (Lipinski definition) is 0. The summed E-state index contributed by atoms with van der Waals surface area (Å²) < 4.78 is 28.9. The van der Waals surface area contributed by atoms with Crippen molar-refractivity contribution in [2.45, 2.75) is 24.2 Å². The molecule has 0 amide bonds. The van der Waals surface area contributed by atoms with Crippen LogP contribution >= 0.6 is 0 Å². The molecule has 10 heteroatoms. The van der Waals surface area contributed by atoms with E-state index in [0.717, 1.165) is 23.6 Å². The van der Waals surface area contributed by atoms with Gasteiger partial charge in [0, 0.05) is 41.9 Å². The van der Waals surface area contributed by atoms with Gasteiger partial charge in [0.25, 0.3) is 15.7 Å². The average Bonchev–Trinajstić information content (AvgIpc) is 2.95. The molecule has 194 valence electrons. The Morgan fingerprint density at radius 3 is 2.11 bits per heavy atom. The van der Waals surface area contributed by atoms with E-state index in [0.29, 0.717) is 29.9 Å². The Kier molecular flexibility index (Phi) is 6.81. The lowest BCUT2D eigenvalue weighted by Gasteiger charge is -2.39. The van der Waals surface area contributed by atoms with Crippen LogP contribution in [0.25, 0.3) is 5.70 Å². The Morgan fingerprint density at radius 1 is 0.816 bits per heavy atom. The third-order valence-electron chi connectivity index (χ3n) is 6.79. The molecule has 1 saturated heterocycles. The minimum absolute atomic E-state index is 0.0293. The van der Waals surface area contributed by atoms with Crippen LogP contribution in [0.3, 0.4) is 0 Å². The zero-order valence-corrected chi connectivity index (χ0v) is 21.3. The van der Waals surface area contributed by atoms with E-state index in [1.54, 1.807) is 48.5 Å². The molecule has 0 N–H and O–H groups in total. The summed E-state index contributed by atoms with van der Waals surface area (Å²) in [5, 5.41) is 11.0. The van der Waals surface area contributed by atoms with Gasteiger partial charge in [-0.25, -0.2) is 8.42 Å². The third kappa shape index (κ3) is 4.58. The van der Waals surface area contributed by atoms with Gasteiger partial charge >= 0.3 is 0 Å². The molecule has 0 saturated carbocycles. The molecule has 1 fully saturated rings. The average molecular weight is 532 g/mol. The first-order valence-electron chi connectivity index (χ1n) is 12.3. The zero-order chi connectivity index (χ0) is 26.9. The molecule has 3 aromatic rings. The monoisotopic (exact) mass is 531 g/mol. The summed E-state index contributed by atoms with van der Waals surface area (Å²) in [5.74, 6) is -1.08. The predicted octanol–water partition coefficient (Wildman–Crippen LogP) is 4.52. The summed E-state index contributed by atoms with van der Waals surface area (Å²) in [6.45, 7) is 0.679. The van der Waals surface area contributed by atoms with E-state index >= 15 is 0 Å². The van der Waals surface area contributed by atoms with E-state index in [1.165, 1.54) is 30.3 Å². The highest BCUT2D eigenvalue weighted by Gasteiger charge is 2.42. The fourth-order valence-electron chi connectivity index (χ4n) is 4.91. The van der Waals surface area contributed by atoms with Crippen molar-refractivity contribution in [2.75, 3.05) is 19.6 Å². The highest BCUT2D eigenvalue weighted by atomic mass is 32.2. The van der Waals surface area contributed by atoms with Crippen LogP contribution in [0.15, 0.2) is 89.5 Å². The molecule has 2 aliphatic rings. The number of piperidine rings is 1. The first-order chi connectivity index (χ1) is 18.3. The molecule has 0 spiro atoms. The summed E-state index contributed by atoms with van der Waals surface area (Å²) in [6.07, 6.45) is 2.83. The maximum Gasteiger partial charge on any atom is 0.269 e. The van der Waals surface area contributed by atoms with Crippen LogP contribution in [-0.4, -0.2) is 53.7 Å². The highest BCUT2D eigenvalue weighted by Crippen LogP contribution is 2.41. The number of likely N-dealkylation sites (tertiary alicyclic amines) is 1.